The largest absolute Gasteiger partial charge is 0.275 e. The highest BCUT2D eigenvalue weighted by Gasteiger charge is 2.51. The van der Waals surface area contributed by atoms with Crippen LogP contribution in [0.2, 0.25) is 0 Å². The Hall–Kier alpha value is -7.55. The molecule has 0 unspecified atom stereocenters. The fourth-order valence-electron chi connectivity index (χ4n) is 11.4. The molecule has 12 aromatic rings. The van der Waals surface area contributed by atoms with Crippen LogP contribution < -0.4 is 5.56 Å². The fraction of sp³-hybridized carbons (Fsp3) is 0.0179. The molecule has 2 heteroatoms. The van der Waals surface area contributed by atoms with Gasteiger partial charge in [0.05, 0.1) is 16.4 Å². The first-order valence-electron chi connectivity index (χ1n) is 20.1. The summed E-state index contributed by atoms with van der Waals surface area (Å²) in [5, 5.41) is 12.6. The molecule has 2 aromatic heterocycles. The van der Waals surface area contributed by atoms with Crippen molar-refractivity contribution in [2.75, 3.05) is 0 Å². The Bertz CT molecular complexity index is 3810. The summed E-state index contributed by atoms with van der Waals surface area (Å²) in [7, 11) is 0. The zero-order valence-corrected chi connectivity index (χ0v) is 31.3. The van der Waals surface area contributed by atoms with E-state index >= 15 is 0 Å². The van der Waals surface area contributed by atoms with Gasteiger partial charge >= 0.3 is 0 Å². The molecule has 58 heavy (non-hydrogen) atoms. The first-order valence-corrected chi connectivity index (χ1v) is 20.1. The molecular weight excluding hydrogens is 703 g/mol. The quantitative estimate of drug-likeness (QED) is 0.154. The Morgan fingerprint density at radius 2 is 0.741 bits per heavy atom. The molecule has 2 heterocycles. The second kappa shape index (κ2) is 10.6. The van der Waals surface area contributed by atoms with Crippen molar-refractivity contribution in [3.63, 3.8) is 0 Å². The average Bonchev–Trinajstić information content (AvgIpc) is 3.89. The maximum Gasteiger partial charge on any atom is 0.263 e. The lowest BCUT2D eigenvalue weighted by atomic mass is 9.70. The van der Waals surface area contributed by atoms with Gasteiger partial charge in [-0.25, -0.2) is 0 Å². The molecule has 0 amide bonds. The second-order valence-corrected chi connectivity index (χ2v) is 16.3. The molecule has 0 saturated carbocycles. The Morgan fingerprint density at radius 1 is 0.310 bits per heavy atom. The number of fused-ring (bicyclic) bond motifs is 21. The van der Waals surface area contributed by atoms with Crippen molar-refractivity contribution in [3.8, 4) is 33.4 Å². The van der Waals surface area contributed by atoms with Crippen LogP contribution in [0.4, 0.5) is 0 Å². The van der Waals surface area contributed by atoms with Crippen LogP contribution in [0.1, 0.15) is 22.3 Å². The summed E-state index contributed by atoms with van der Waals surface area (Å²) in [4.78, 5) is 14.9. The van der Waals surface area contributed by atoms with Crippen LogP contribution in [-0.4, -0.2) is 4.40 Å². The van der Waals surface area contributed by atoms with Gasteiger partial charge in [-0.2, -0.15) is 0 Å². The molecule has 2 aliphatic rings. The SMILES string of the molecule is O=c1c2ccccc2c2cc(-c3ccc4c5ccccc5c5ccccc5c4c3)cc3c4cc5c(cc4n1c23)C1(c2ccccc2-c2ccccc21)c1ccccc1-5. The topological polar surface area (TPSA) is 21.5 Å². The summed E-state index contributed by atoms with van der Waals surface area (Å²) in [5.41, 5.74) is 13.9. The molecule has 1 spiro atoms. The Morgan fingerprint density at radius 3 is 1.33 bits per heavy atom. The summed E-state index contributed by atoms with van der Waals surface area (Å²) < 4.78 is 2.02. The molecular formula is C56H31NO. The zero-order valence-electron chi connectivity index (χ0n) is 31.3. The Kier molecular flexibility index (Phi) is 5.62. The second-order valence-electron chi connectivity index (χ2n) is 16.3. The monoisotopic (exact) mass is 733 g/mol. The molecule has 0 radical (unpaired) electrons. The predicted octanol–water partition coefficient (Wildman–Crippen LogP) is 13.7. The van der Waals surface area contributed by atoms with E-state index in [2.05, 4.69) is 176 Å². The molecule has 2 aliphatic carbocycles. The summed E-state index contributed by atoms with van der Waals surface area (Å²) in [6, 6.07) is 68.8. The van der Waals surface area contributed by atoms with E-state index in [4.69, 9.17) is 0 Å². The number of hydrogen-bond donors (Lipinski definition) is 0. The summed E-state index contributed by atoms with van der Waals surface area (Å²) in [6.45, 7) is 0. The van der Waals surface area contributed by atoms with Crippen LogP contribution in [0.5, 0.6) is 0 Å². The molecule has 266 valence electrons. The van der Waals surface area contributed by atoms with Crippen LogP contribution in [0.3, 0.4) is 0 Å². The van der Waals surface area contributed by atoms with Crippen LogP contribution >= 0.6 is 0 Å². The van der Waals surface area contributed by atoms with E-state index in [0.29, 0.717) is 0 Å². The van der Waals surface area contributed by atoms with Crippen molar-refractivity contribution in [3.05, 3.63) is 221 Å². The number of aromatic nitrogens is 1. The molecule has 0 aliphatic heterocycles. The lowest BCUT2D eigenvalue weighted by Crippen LogP contribution is -2.26. The van der Waals surface area contributed by atoms with Crippen molar-refractivity contribution < 1.29 is 0 Å². The lowest BCUT2D eigenvalue weighted by molar-refractivity contribution is 0.794. The summed E-state index contributed by atoms with van der Waals surface area (Å²) in [5.74, 6) is 0. The van der Waals surface area contributed by atoms with E-state index in [1.165, 1.54) is 76.8 Å². The highest BCUT2D eigenvalue weighted by atomic mass is 16.1. The van der Waals surface area contributed by atoms with Gasteiger partial charge in [0.1, 0.15) is 0 Å². The zero-order chi connectivity index (χ0) is 37.9. The third-order valence-electron chi connectivity index (χ3n) is 13.7. The molecule has 2 nitrogen and oxygen atoms in total. The van der Waals surface area contributed by atoms with Crippen molar-refractivity contribution in [2.24, 2.45) is 0 Å². The van der Waals surface area contributed by atoms with Crippen LogP contribution in [0, 0.1) is 0 Å². The number of hydrogen-bond acceptors (Lipinski definition) is 1. The van der Waals surface area contributed by atoms with Gasteiger partial charge in [0.2, 0.25) is 0 Å². The van der Waals surface area contributed by atoms with E-state index < -0.39 is 5.41 Å². The van der Waals surface area contributed by atoms with Gasteiger partial charge in [0, 0.05) is 21.5 Å². The normalized spacial score (nSPS) is 13.7. The van der Waals surface area contributed by atoms with Gasteiger partial charge in [-0.15, -0.1) is 0 Å². The smallest absolute Gasteiger partial charge is 0.263 e. The minimum absolute atomic E-state index is 0.0247. The van der Waals surface area contributed by atoms with E-state index in [1.54, 1.807) is 0 Å². The standard InChI is InChI=1S/C56H31NO/c58-55-43-21-6-5-17-38(43)47-28-33(32-25-26-39-36-15-2-1-13-34(36)35-14-3-4-16-37(35)44(39)27-32)29-48-46-30-45-42-20-9-12-24-51(42)56(52(45)31-53(46)57(55)54(47)48)49-22-10-7-18-40(49)41-19-8-11-23-50(41)56/h1-31H. The van der Waals surface area contributed by atoms with Gasteiger partial charge in [0.15, 0.2) is 0 Å². The predicted molar refractivity (Wildman–Crippen MR) is 242 cm³/mol. The van der Waals surface area contributed by atoms with E-state index in [0.717, 1.165) is 49.1 Å². The van der Waals surface area contributed by atoms with Gasteiger partial charge < -0.3 is 0 Å². The first-order chi connectivity index (χ1) is 28.7. The van der Waals surface area contributed by atoms with Crippen molar-refractivity contribution in [1.82, 2.24) is 4.40 Å². The molecule has 10 aromatic carbocycles. The molecule has 0 N–H and O–H groups in total. The van der Waals surface area contributed by atoms with E-state index in [9.17, 15) is 4.79 Å². The van der Waals surface area contributed by atoms with E-state index in [1.807, 2.05) is 16.5 Å². The van der Waals surface area contributed by atoms with Crippen LogP contribution in [0.15, 0.2) is 193 Å². The highest BCUT2D eigenvalue weighted by molar-refractivity contribution is 6.26. The maximum atomic E-state index is 14.9. The first kappa shape index (κ1) is 30.6. The van der Waals surface area contributed by atoms with Gasteiger partial charge in [-0.1, -0.05) is 152 Å². The minimum Gasteiger partial charge on any atom is -0.275 e. The lowest BCUT2D eigenvalue weighted by Gasteiger charge is -2.30. The molecule has 0 atom stereocenters. The van der Waals surface area contributed by atoms with Gasteiger partial charge in [-0.3, -0.25) is 9.20 Å². The summed E-state index contributed by atoms with van der Waals surface area (Å²) >= 11 is 0. The number of nitrogens with zero attached hydrogens (tertiary/aromatic N) is 1. The molecule has 0 bridgehead atoms. The van der Waals surface area contributed by atoms with Gasteiger partial charge in [0.25, 0.3) is 5.56 Å². The van der Waals surface area contributed by atoms with Gasteiger partial charge in [-0.05, 0) is 130 Å². The molecule has 0 fully saturated rings. The van der Waals surface area contributed by atoms with E-state index in [-0.39, 0.29) is 5.56 Å². The number of benzene rings is 10. The minimum atomic E-state index is -0.494. The van der Waals surface area contributed by atoms with Crippen molar-refractivity contribution in [1.29, 1.82) is 0 Å². The fourth-order valence-corrected chi connectivity index (χ4v) is 11.4. The molecule has 0 saturated heterocycles. The van der Waals surface area contributed by atoms with Crippen LogP contribution in [-0.2, 0) is 5.41 Å². The third-order valence-corrected chi connectivity index (χ3v) is 13.7. The Balaban J connectivity index is 1.12. The Labute approximate surface area is 332 Å². The molecule has 14 rings (SSSR count). The average molecular weight is 734 g/mol. The highest BCUT2D eigenvalue weighted by Crippen LogP contribution is 2.63. The maximum absolute atomic E-state index is 14.9. The van der Waals surface area contributed by atoms with Crippen molar-refractivity contribution >= 4 is 70.3 Å². The number of pyridine rings is 1. The number of rotatable bonds is 1. The third kappa shape index (κ3) is 3.54. The summed E-state index contributed by atoms with van der Waals surface area (Å²) in [6.07, 6.45) is 0. The van der Waals surface area contributed by atoms with Crippen molar-refractivity contribution in [2.45, 2.75) is 5.41 Å². The van der Waals surface area contributed by atoms with Crippen LogP contribution in [0.25, 0.3) is 104 Å².